The first-order valence-corrected chi connectivity index (χ1v) is 6.04. The smallest absolute Gasteiger partial charge is 0.325 e. The summed E-state index contributed by atoms with van der Waals surface area (Å²) in [6.07, 6.45) is 1.37. The number of ether oxygens (including phenoxy) is 1. The Morgan fingerprint density at radius 3 is 2.68 bits per heavy atom. The quantitative estimate of drug-likeness (QED) is 0.709. The van der Waals surface area contributed by atoms with E-state index in [2.05, 4.69) is 10.1 Å². The largest absolute Gasteiger partial charge is 0.465 e. The summed E-state index contributed by atoms with van der Waals surface area (Å²) in [5.74, 6) is -0.565. The zero-order chi connectivity index (χ0) is 14.4. The molecule has 0 unspecified atom stereocenters. The summed E-state index contributed by atoms with van der Waals surface area (Å²) < 4.78 is 6.17. The summed E-state index contributed by atoms with van der Waals surface area (Å²) >= 11 is 0. The third kappa shape index (κ3) is 4.57. The van der Waals surface area contributed by atoms with Crippen LogP contribution in [0.5, 0.6) is 0 Å². The molecule has 1 amide bonds. The Bertz CT molecular complexity index is 443. The Morgan fingerprint density at radius 1 is 1.53 bits per heavy atom. The van der Waals surface area contributed by atoms with Gasteiger partial charge in [0.05, 0.1) is 6.61 Å². The molecule has 0 atom stereocenters. The molecule has 0 saturated carbocycles. The topological polar surface area (TPSA) is 103 Å². The van der Waals surface area contributed by atoms with Crippen molar-refractivity contribution in [2.75, 3.05) is 18.9 Å². The van der Waals surface area contributed by atoms with Crippen molar-refractivity contribution < 1.29 is 14.3 Å². The first-order valence-electron chi connectivity index (χ1n) is 6.04. The molecule has 1 heterocycles. The Labute approximate surface area is 111 Å². The number of hydrogen-bond donors (Lipinski definition) is 1. The van der Waals surface area contributed by atoms with Gasteiger partial charge in [0.1, 0.15) is 19.4 Å². The third-order valence-electron chi connectivity index (χ3n) is 2.40. The fourth-order valence-electron chi connectivity index (χ4n) is 1.52. The Morgan fingerprint density at radius 2 is 2.21 bits per heavy atom. The van der Waals surface area contributed by atoms with Gasteiger partial charge >= 0.3 is 5.97 Å². The molecule has 0 bridgehead atoms. The number of nitrogens with zero attached hydrogens (tertiary/aromatic N) is 4. The highest BCUT2D eigenvalue weighted by atomic mass is 16.5. The van der Waals surface area contributed by atoms with Gasteiger partial charge < -0.3 is 15.4 Å². The fourth-order valence-corrected chi connectivity index (χ4v) is 1.52. The summed E-state index contributed by atoms with van der Waals surface area (Å²) in [5, 5.41) is 3.83. The number of amides is 1. The Balaban J connectivity index is 2.65. The van der Waals surface area contributed by atoms with Crippen molar-refractivity contribution in [2.45, 2.75) is 33.4 Å². The van der Waals surface area contributed by atoms with Crippen molar-refractivity contribution in [1.82, 2.24) is 19.7 Å². The minimum atomic E-state index is -0.428. The molecular weight excluding hydrogens is 250 g/mol. The van der Waals surface area contributed by atoms with Gasteiger partial charge in [-0.25, -0.2) is 9.67 Å². The molecule has 0 aliphatic carbocycles. The molecule has 19 heavy (non-hydrogen) atoms. The normalized spacial score (nSPS) is 10.5. The van der Waals surface area contributed by atoms with Crippen molar-refractivity contribution in [2.24, 2.45) is 0 Å². The van der Waals surface area contributed by atoms with E-state index in [9.17, 15) is 9.59 Å². The van der Waals surface area contributed by atoms with Gasteiger partial charge in [0, 0.05) is 6.04 Å². The summed E-state index contributed by atoms with van der Waals surface area (Å²) in [4.78, 5) is 28.7. The molecular formula is C11H19N5O3. The first-order chi connectivity index (χ1) is 8.93. The van der Waals surface area contributed by atoms with Crippen molar-refractivity contribution >= 4 is 17.8 Å². The van der Waals surface area contributed by atoms with E-state index in [1.54, 1.807) is 6.92 Å². The maximum absolute atomic E-state index is 12.1. The second-order valence-corrected chi connectivity index (χ2v) is 4.22. The van der Waals surface area contributed by atoms with E-state index in [-0.39, 0.29) is 31.0 Å². The number of nitrogen functional groups attached to an aromatic ring is 1. The van der Waals surface area contributed by atoms with E-state index >= 15 is 0 Å². The number of aromatic nitrogens is 3. The van der Waals surface area contributed by atoms with Gasteiger partial charge in [-0.15, -0.1) is 5.10 Å². The van der Waals surface area contributed by atoms with Crippen LogP contribution in [0, 0.1) is 0 Å². The lowest BCUT2D eigenvalue weighted by molar-refractivity contribution is -0.150. The lowest BCUT2D eigenvalue weighted by atomic mass is 10.3. The monoisotopic (exact) mass is 269 g/mol. The summed E-state index contributed by atoms with van der Waals surface area (Å²) in [5.41, 5.74) is 5.37. The van der Waals surface area contributed by atoms with Crippen LogP contribution in [-0.4, -0.2) is 50.7 Å². The number of anilines is 1. The molecule has 8 nitrogen and oxygen atoms in total. The standard InChI is InChI=1S/C11H19N5O3/c1-4-19-10(18)6-16(8(2)3)9(17)5-15-7-13-11(12)14-15/h7-8H,4-6H2,1-3H3,(H2,12,14). The predicted molar refractivity (Wildman–Crippen MR) is 67.9 cm³/mol. The number of hydrogen-bond acceptors (Lipinski definition) is 6. The number of carbonyl (C=O) groups excluding carboxylic acids is 2. The molecule has 0 fully saturated rings. The molecule has 0 saturated heterocycles. The van der Waals surface area contributed by atoms with Crippen LogP contribution in [-0.2, 0) is 20.9 Å². The second-order valence-electron chi connectivity index (χ2n) is 4.22. The number of esters is 1. The van der Waals surface area contributed by atoms with Crippen molar-refractivity contribution in [3.63, 3.8) is 0 Å². The highest BCUT2D eigenvalue weighted by Crippen LogP contribution is 2.02. The van der Waals surface area contributed by atoms with Gasteiger partial charge in [0.15, 0.2) is 0 Å². The van der Waals surface area contributed by atoms with Gasteiger partial charge in [0.2, 0.25) is 11.9 Å². The zero-order valence-electron chi connectivity index (χ0n) is 11.4. The molecule has 1 rings (SSSR count). The lowest BCUT2D eigenvalue weighted by Gasteiger charge is -2.25. The second kappa shape index (κ2) is 6.72. The van der Waals surface area contributed by atoms with Crippen LogP contribution in [0.4, 0.5) is 5.95 Å². The van der Waals surface area contributed by atoms with Crippen LogP contribution < -0.4 is 5.73 Å². The van der Waals surface area contributed by atoms with E-state index < -0.39 is 5.97 Å². The van der Waals surface area contributed by atoms with Crippen LogP contribution in [0.2, 0.25) is 0 Å². The van der Waals surface area contributed by atoms with Crippen LogP contribution in [0.15, 0.2) is 6.33 Å². The Hall–Kier alpha value is -2.12. The zero-order valence-corrected chi connectivity index (χ0v) is 11.4. The van der Waals surface area contributed by atoms with Crippen LogP contribution in [0.1, 0.15) is 20.8 Å². The molecule has 0 radical (unpaired) electrons. The van der Waals surface area contributed by atoms with E-state index in [1.165, 1.54) is 15.9 Å². The minimum Gasteiger partial charge on any atom is -0.465 e. The molecule has 1 aromatic heterocycles. The summed E-state index contributed by atoms with van der Waals surface area (Å²) in [7, 11) is 0. The third-order valence-corrected chi connectivity index (χ3v) is 2.40. The van der Waals surface area contributed by atoms with Crippen molar-refractivity contribution in [1.29, 1.82) is 0 Å². The lowest BCUT2D eigenvalue weighted by Crippen LogP contribution is -2.43. The molecule has 2 N–H and O–H groups in total. The SMILES string of the molecule is CCOC(=O)CN(C(=O)Cn1cnc(N)n1)C(C)C. The van der Waals surface area contributed by atoms with Crippen molar-refractivity contribution in [3.05, 3.63) is 6.33 Å². The van der Waals surface area contributed by atoms with Crippen LogP contribution in [0.3, 0.4) is 0 Å². The van der Waals surface area contributed by atoms with Crippen LogP contribution >= 0.6 is 0 Å². The van der Waals surface area contributed by atoms with E-state index in [4.69, 9.17) is 10.5 Å². The van der Waals surface area contributed by atoms with Gasteiger partial charge in [-0.05, 0) is 20.8 Å². The highest BCUT2D eigenvalue weighted by molar-refractivity contribution is 5.82. The maximum Gasteiger partial charge on any atom is 0.325 e. The summed E-state index contributed by atoms with van der Waals surface area (Å²) in [6.45, 7) is 5.58. The van der Waals surface area contributed by atoms with Gasteiger partial charge in [-0.3, -0.25) is 9.59 Å². The van der Waals surface area contributed by atoms with Crippen LogP contribution in [0.25, 0.3) is 0 Å². The number of rotatable bonds is 6. The van der Waals surface area contributed by atoms with Gasteiger partial charge in [-0.1, -0.05) is 0 Å². The average Bonchev–Trinajstić information content (AvgIpc) is 2.71. The molecule has 1 aromatic rings. The number of nitrogens with two attached hydrogens (primary N) is 1. The molecule has 8 heteroatoms. The fraction of sp³-hybridized carbons (Fsp3) is 0.636. The minimum absolute atomic E-state index is 0.0121. The van der Waals surface area contributed by atoms with E-state index in [0.29, 0.717) is 6.61 Å². The molecule has 0 aliphatic heterocycles. The molecule has 0 aromatic carbocycles. The van der Waals surface area contributed by atoms with E-state index in [1.807, 2.05) is 13.8 Å². The highest BCUT2D eigenvalue weighted by Gasteiger charge is 2.21. The Kier molecular flexibility index (Phi) is 5.28. The molecule has 0 aliphatic rings. The predicted octanol–water partition coefficient (Wildman–Crippen LogP) is -0.340. The van der Waals surface area contributed by atoms with Gasteiger partial charge in [0.25, 0.3) is 0 Å². The van der Waals surface area contributed by atoms with Crippen molar-refractivity contribution in [3.8, 4) is 0 Å². The molecule has 106 valence electrons. The maximum atomic E-state index is 12.1. The van der Waals surface area contributed by atoms with E-state index in [0.717, 1.165) is 0 Å². The average molecular weight is 269 g/mol. The molecule has 0 spiro atoms. The summed E-state index contributed by atoms with van der Waals surface area (Å²) in [6, 6.07) is -0.113. The first kappa shape index (κ1) is 14.9. The van der Waals surface area contributed by atoms with Gasteiger partial charge in [-0.2, -0.15) is 0 Å². The number of carbonyl (C=O) groups is 2.